The zero-order valence-corrected chi connectivity index (χ0v) is 16.5. The normalized spacial score (nSPS) is 18.5. The Bertz CT molecular complexity index is 1180. The van der Waals surface area contributed by atoms with Gasteiger partial charge in [-0.15, -0.1) is 0 Å². The van der Waals surface area contributed by atoms with Crippen LogP contribution < -0.4 is 5.32 Å². The predicted molar refractivity (Wildman–Crippen MR) is 110 cm³/mol. The lowest BCUT2D eigenvalue weighted by molar-refractivity contribution is -0.136. The Labute approximate surface area is 173 Å². The molecule has 2 aliphatic heterocycles. The summed E-state index contributed by atoms with van der Waals surface area (Å²) in [6, 6.07) is 15.1. The van der Waals surface area contributed by atoms with Crippen LogP contribution in [0, 0.1) is 0 Å². The van der Waals surface area contributed by atoms with Crippen molar-refractivity contribution in [3.8, 4) is 22.6 Å². The van der Waals surface area contributed by atoms with Gasteiger partial charge in [-0.05, 0) is 24.1 Å². The number of aromatic nitrogens is 2. The third kappa shape index (κ3) is 2.90. The number of benzene rings is 2. The van der Waals surface area contributed by atoms with Crippen LogP contribution in [-0.2, 0) is 23.2 Å². The van der Waals surface area contributed by atoms with Crippen molar-refractivity contribution in [1.82, 2.24) is 19.8 Å². The number of nitrogens with zero attached hydrogens (tertiary/aromatic N) is 3. The van der Waals surface area contributed by atoms with Gasteiger partial charge in [-0.2, -0.15) is 0 Å². The number of imide groups is 1. The monoisotopic (exact) mass is 400 g/mol. The van der Waals surface area contributed by atoms with Crippen LogP contribution in [0.3, 0.4) is 0 Å². The van der Waals surface area contributed by atoms with Crippen LogP contribution in [0.15, 0.2) is 54.7 Å². The summed E-state index contributed by atoms with van der Waals surface area (Å²) in [4.78, 5) is 42.7. The van der Waals surface area contributed by atoms with E-state index in [9.17, 15) is 14.4 Å². The van der Waals surface area contributed by atoms with Gasteiger partial charge in [-0.1, -0.05) is 36.4 Å². The lowest BCUT2D eigenvalue weighted by Gasteiger charge is -2.29. The van der Waals surface area contributed by atoms with E-state index in [1.807, 2.05) is 66.3 Å². The van der Waals surface area contributed by atoms with Gasteiger partial charge < -0.3 is 9.47 Å². The third-order valence-corrected chi connectivity index (χ3v) is 5.84. The standard InChI is InChI=1S/C23H20N4O3/c1-26-19(12-24-21(26)14-5-3-2-4-6-14)15-7-8-17-16(11-15)13-27(23(17)30)18-9-10-20(28)25-22(18)29/h2-8,11-12,18H,9-10,13H2,1H3,(H,25,28,29). The molecule has 0 saturated carbocycles. The molecule has 30 heavy (non-hydrogen) atoms. The van der Waals surface area contributed by atoms with Crippen molar-refractivity contribution >= 4 is 17.7 Å². The molecular weight excluding hydrogens is 380 g/mol. The Morgan fingerprint density at radius 3 is 2.60 bits per heavy atom. The summed E-state index contributed by atoms with van der Waals surface area (Å²) in [5.74, 6) is 0.0215. The molecule has 1 saturated heterocycles. The van der Waals surface area contributed by atoms with Crippen molar-refractivity contribution < 1.29 is 14.4 Å². The molecule has 2 aliphatic rings. The first-order chi connectivity index (χ1) is 14.5. The second-order valence-electron chi connectivity index (χ2n) is 7.66. The lowest BCUT2D eigenvalue weighted by Crippen LogP contribution is -2.52. The highest BCUT2D eigenvalue weighted by Gasteiger charge is 2.39. The topological polar surface area (TPSA) is 84.3 Å². The second-order valence-corrected chi connectivity index (χ2v) is 7.66. The first kappa shape index (κ1) is 18.3. The van der Waals surface area contributed by atoms with E-state index in [2.05, 4.69) is 10.3 Å². The van der Waals surface area contributed by atoms with E-state index in [0.717, 1.165) is 28.2 Å². The molecule has 1 N–H and O–H groups in total. The van der Waals surface area contributed by atoms with E-state index >= 15 is 0 Å². The van der Waals surface area contributed by atoms with Crippen LogP contribution in [0.25, 0.3) is 22.6 Å². The Balaban J connectivity index is 1.45. The number of hydrogen-bond acceptors (Lipinski definition) is 4. The van der Waals surface area contributed by atoms with Crippen molar-refractivity contribution in [1.29, 1.82) is 0 Å². The number of carbonyl (C=O) groups is 3. The van der Waals surface area contributed by atoms with Crippen LogP contribution in [0.5, 0.6) is 0 Å². The zero-order chi connectivity index (χ0) is 20.8. The van der Waals surface area contributed by atoms with Gasteiger partial charge in [0.2, 0.25) is 11.8 Å². The fraction of sp³-hybridized carbons (Fsp3) is 0.217. The molecule has 0 aliphatic carbocycles. The molecule has 2 aromatic carbocycles. The Morgan fingerprint density at radius 2 is 1.83 bits per heavy atom. The third-order valence-electron chi connectivity index (χ3n) is 5.84. The molecule has 1 fully saturated rings. The molecular formula is C23H20N4O3. The summed E-state index contributed by atoms with van der Waals surface area (Å²) in [5.41, 5.74) is 4.43. The van der Waals surface area contributed by atoms with Crippen molar-refractivity contribution in [3.63, 3.8) is 0 Å². The Hall–Kier alpha value is -3.74. The van der Waals surface area contributed by atoms with E-state index < -0.39 is 11.9 Å². The summed E-state index contributed by atoms with van der Waals surface area (Å²) in [5, 5.41) is 2.33. The number of rotatable bonds is 3. The highest BCUT2D eigenvalue weighted by Crippen LogP contribution is 2.32. The molecule has 5 rings (SSSR count). The van der Waals surface area contributed by atoms with Gasteiger partial charge in [0, 0.05) is 36.7 Å². The first-order valence-electron chi connectivity index (χ1n) is 9.88. The fourth-order valence-electron chi connectivity index (χ4n) is 4.27. The van der Waals surface area contributed by atoms with Crippen molar-refractivity contribution in [3.05, 3.63) is 65.9 Å². The Morgan fingerprint density at radius 1 is 1.03 bits per heavy atom. The molecule has 1 aromatic heterocycles. The number of hydrogen-bond donors (Lipinski definition) is 1. The van der Waals surface area contributed by atoms with Crippen molar-refractivity contribution in [2.75, 3.05) is 0 Å². The number of imidazole rings is 1. The van der Waals surface area contributed by atoms with Crippen LogP contribution >= 0.6 is 0 Å². The smallest absolute Gasteiger partial charge is 0.255 e. The zero-order valence-electron chi connectivity index (χ0n) is 16.5. The SMILES string of the molecule is Cn1c(-c2ccc3c(c2)CN(C2CCC(=O)NC2=O)C3=O)cnc1-c1ccccc1. The summed E-state index contributed by atoms with van der Waals surface area (Å²) in [6.45, 7) is 0.359. The highest BCUT2D eigenvalue weighted by molar-refractivity contribution is 6.05. The molecule has 1 atom stereocenters. The fourth-order valence-corrected chi connectivity index (χ4v) is 4.27. The van der Waals surface area contributed by atoms with Gasteiger partial charge in [-0.3, -0.25) is 19.7 Å². The van der Waals surface area contributed by atoms with E-state index in [1.165, 1.54) is 0 Å². The molecule has 0 spiro atoms. The van der Waals surface area contributed by atoms with Crippen LogP contribution in [0.2, 0.25) is 0 Å². The molecule has 7 nitrogen and oxygen atoms in total. The average molecular weight is 400 g/mol. The second kappa shape index (κ2) is 6.95. The summed E-state index contributed by atoms with van der Waals surface area (Å²) in [6.07, 6.45) is 2.44. The number of fused-ring (bicyclic) bond motifs is 1. The minimum atomic E-state index is -0.604. The lowest BCUT2D eigenvalue weighted by atomic mass is 10.0. The molecule has 7 heteroatoms. The minimum absolute atomic E-state index is 0.166. The molecule has 1 unspecified atom stereocenters. The van der Waals surface area contributed by atoms with Gasteiger partial charge in [0.25, 0.3) is 5.91 Å². The quantitative estimate of drug-likeness (QED) is 0.685. The van der Waals surface area contributed by atoms with Crippen LogP contribution in [-0.4, -0.2) is 38.2 Å². The van der Waals surface area contributed by atoms with Crippen LogP contribution in [0.4, 0.5) is 0 Å². The maximum Gasteiger partial charge on any atom is 0.255 e. The van der Waals surface area contributed by atoms with E-state index in [4.69, 9.17) is 0 Å². The number of amides is 3. The molecule has 0 bridgehead atoms. The maximum absolute atomic E-state index is 12.9. The van der Waals surface area contributed by atoms with Crippen molar-refractivity contribution in [2.24, 2.45) is 7.05 Å². The van der Waals surface area contributed by atoms with Gasteiger partial charge in [0.1, 0.15) is 11.9 Å². The maximum atomic E-state index is 12.9. The summed E-state index contributed by atoms with van der Waals surface area (Å²) >= 11 is 0. The van der Waals surface area contributed by atoms with Gasteiger partial charge in [0.15, 0.2) is 0 Å². The summed E-state index contributed by atoms with van der Waals surface area (Å²) < 4.78 is 2.03. The number of carbonyl (C=O) groups excluding carboxylic acids is 3. The minimum Gasteiger partial charge on any atom is -0.327 e. The van der Waals surface area contributed by atoms with E-state index in [0.29, 0.717) is 18.5 Å². The van der Waals surface area contributed by atoms with Crippen LogP contribution in [0.1, 0.15) is 28.8 Å². The summed E-state index contributed by atoms with van der Waals surface area (Å²) in [7, 11) is 1.97. The number of piperidine rings is 1. The number of nitrogens with one attached hydrogen (secondary N) is 1. The first-order valence-corrected chi connectivity index (χ1v) is 9.88. The van der Waals surface area contributed by atoms with E-state index in [-0.39, 0.29) is 18.2 Å². The van der Waals surface area contributed by atoms with Crippen molar-refractivity contribution in [2.45, 2.75) is 25.4 Å². The Kier molecular flexibility index (Phi) is 4.24. The predicted octanol–water partition coefficient (Wildman–Crippen LogP) is 2.52. The molecule has 0 radical (unpaired) electrons. The molecule has 3 amide bonds. The van der Waals surface area contributed by atoms with Gasteiger partial charge >= 0.3 is 0 Å². The largest absolute Gasteiger partial charge is 0.327 e. The van der Waals surface area contributed by atoms with Gasteiger partial charge in [0.05, 0.1) is 11.9 Å². The average Bonchev–Trinajstić information content (AvgIpc) is 3.28. The molecule has 3 heterocycles. The molecule has 150 valence electrons. The van der Waals surface area contributed by atoms with Gasteiger partial charge in [-0.25, -0.2) is 4.98 Å². The molecule has 3 aromatic rings. The highest BCUT2D eigenvalue weighted by atomic mass is 16.2. The van der Waals surface area contributed by atoms with E-state index in [1.54, 1.807) is 4.90 Å².